The maximum atomic E-state index is 11.4. The van der Waals surface area contributed by atoms with Gasteiger partial charge in [-0.2, -0.15) is 4.98 Å². The van der Waals surface area contributed by atoms with Crippen molar-refractivity contribution in [2.45, 2.75) is 13.3 Å². The van der Waals surface area contributed by atoms with Gasteiger partial charge in [-0.05, 0) is 6.42 Å². The number of nitrogen functional groups attached to an aromatic ring is 1. The molecule has 0 bridgehead atoms. The molecule has 1 aromatic heterocycles. The van der Waals surface area contributed by atoms with Gasteiger partial charge in [0.15, 0.2) is 5.82 Å². The molecule has 0 fully saturated rings. The van der Waals surface area contributed by atoms with E-state index in [2.05, 4.69) is 15.3 Å². The second kappa shape index (κ2) is 6.24. The lowest BCUT2D eigenvalue weighted by Gasteiger charge is -2.23. The largest absolute Gasteiger partial charge is 0.368 e. The molecule has 0 aliphatic heterocycles. The van der Waals surface area contributed by atoms with E-state index < -0.39 is 0 Å². The number of carbonyl (C=O) groups is 1. The fraction of sp³-hybridized carbons (Fsp3) is 0.500. The van der Waals surface area contributed by atoms with Crippen molar-refractivity contribution in [1.82, 2.24) is 15.3 Å². The van der Waals surface area contributed by atoms with Crippen LogP contribution in [0.25, 0.3) is 0 Å². The number of aromatic nitrogens is 2. The van der Waals surface area contributed by atoms with Crippen molar-refractivity contribution >= 4 is 29.3 Å². The van der Waals surface area contributed by atoms with Crippen LogP contribution < -0.4 is 16.0 Å². The Labute approximate surface area is 105 Å². The summed E-state index contributed by atoms with van der Waals surface area (Å²) in [6.07, 6.45) is 2.31. The first-order valence-corrected chi connectivity index (χ1v) is 5.69. The van der Waals surface area contributed by atoms with Crippen LogP contribution in [0.15, 0.2) is 6.20 Å². The second-order valence-electron chi connectivity index (χ2n) is 3.49. The number of amides is 1. The summed E-state index contributed by atoms with van der Waals surface area (Å²) < 4.78 is 0. The molecule has 7 heteroatoms. The van der Waals surface area contributed by atoms with Crippen LogP contribution >= 0.6 is 11.6 Å². The smallest absolute Gasteiger partial charge is 0.239 e. The predicted molar refractivity (Wildman–Crippen MR) is 68.0 cm³/mol. The van der Waals surface area contributed by atoms with Gasteiger partial charge in [0.05, 0.1) is 12.7 Å². The molecule has 94 valence electrons. The van der Waals surface area contributed by atoms with Crippen molar-refractivity contribution in [1.29, 1.82) is 0 Å². The molecule has 0 aliphatic rings. The van der Waals surface area contributed by atoms with Crippen LogP contribution in [0.5, 0.6) is 0 Å². The summed E-state index contributed by atoms with van der Waals surface area (Å²) in [5, 5.41) is 2.95. The minimum absolute atomic E-state index is 0.105. The number of nitrogens with zero attached hydrogens (tertiary/aromatic N) is 3. The van der Waals surface area contributed by atoms with Gasteiger partial charge >= 0.3 is 0 Å². The Bertz CT molecular complexity index is 398. The molecule has 0 aromatic carbocycles. The van der Waals surface area contributed by atoms with E-state index in [0.717, 1.165) is 6.42 Å². The average molecular weight is 258 g/mol. The molecule has 0 radical (unpaired) electrons. The molecule has 6 nitrogen and oxygen atoms in total. The Morgan fingerprint density at radius 3 is 2.94 bits per heavy atom. The summed E-state index contributed by atoms with van der Waals surface area (Å²) in [7, 11) is 1.59. The van der Waals surface area contributed by atoms with Gasteiger partial charge in [-0.1, -0.05) is 18.5 Å². The Balaban J connectivity index is 2.95. The second-order valence-corrected chi connectivity index (χ2v) is 3.90. The molecule has 1 heterocycles. The molecule has 0 saturated carbocycles. The predicted octanol–water partition coefficient (Wildman–Crippen LogP) is 0.675. The number of likely N-dealkylation sites (N-methyl/N-ethyl adjacent to an activating group) is 1. The lowest BCUT2D eigenvalue weighted by molar-refractivity contribution is -0.119. The fourth-order valence-corrected chi connectivity index (χ4v) is 1.59. The molecule has 0 spiro atoms. The van der Waals surface area contributed by atoms with Gasteiger partial charge in [-0.3, -0.25) is 4.79 Å². The monoisotopic (exact) mass is 257 g/mol. The van der Waals surface area contributed by atoms with Crippen LogP contribution in [0.3, 0.4) is 0 Å². The van der Waals surface area contributed by atoms with Gasteiger partial charge in [-0.15, -0.1) is 0 Å². The molecule has 1 aromatic rings. The third-order valence-electron chi connectivity index (χ3n) is 2.15. The summed E-state index contributed by atoms with van der Waals surface area (Å²) >= 11 is 6.00. The molecule has 0 aliphatic carbocycles. The fourth-order valence-electron chi connectivity index (χ4n) is 1.38. The Morgan fingerprint density at radius 2 is 2.35 bits per heavy atom. The Hall–Kier alpha value is -1.56. The van der Waals surface area contributed by atoms with E-state index in [0.29, 0.717) is 17.4 Å². The number of hydrogen-bond acceptors (Lipinski definition) is 5. The van der Waals surface area contributed by atoms with Gasteiger partial charge in [0.25, 0.3) is 0 Å². The van der Waals surface area contributed by atoms with Crippen LogP contribution in [-0.4, -0.2) is 36.0 Å². The summed E-state index contributed by atoms with van der Waals surface area (Å²) in [6, 6.07) is 0. The van der Waals surface area contributed by atoms with Gasteiger partial charge in [-0.25, -0.2) is 4.98 Å². The molecule has 0 unspecified atom stereocenters. The first-order chi connectivity index (χ1) is 8.08. The summed E-state index contributed by atoms with van der Waals surface area (Å²) in [5.74, 6) is 0.527. The molecular formula is C10H16ClN5O. The van der Waals surface area contributed by atoms with E-state index in [1.807, 2.05) is 6.92 Å². The maximum absolute atomic E-state index is 11.4. The average Bonchev–Trinajstić information content (AvgIpc) is 2.31. The molecule has 0 saturated heterocycles. The lowest BCUT2D eigenvalue weighted by atomic mass is 10.3. The zero-order valence-electron chi connectivity index (χ0n) is 9.90. The molecule has 17 heavy (non-hydrogen) atoms. The lowest BCUT2D eigenvalue weighted by Crippen LogP contribution is -2.36. The number of hydrogen-bond donors (Lipinski definition) is 2. The molecule has 1 rings (SSSR count). The minimum atomic E-state index is -0.105. The van der Waals surface area contributed by atoms with Crippen LogP contribution in [0.4, 0.5) is 11.8 Å². The Kier molecular flexibility index (Phi) is 4.96. The van der Waals surface area contributed by atoms with Crippen LogP contribution in [-0.2, 0) is 4.79 Å². The van der Waals surface area contributed by atoms with Crippen LogP contribution in [0, 0.1) is 0 Å². The van der Waals surface area contributed by atoms with E-state index in [1.165, 1.54) is 6.20 Å². The quantitative estimate of drug-likeness (QED) is 0.810. The summed E-state index contributed by atoms with van der Waals surface area (Å²) in [4.78, 5) is 21.0. The standard InChI is InChI=1S/C10H16ClN5O/c1-3-4-16(6-8(17)13-2)9-7(11)5-14-10(12)15-9/h5H,3-4,6H2,1-2H3,(H,13,17)(H2,12,14,15). The summed E-state index contributed by atoms with van der Waals surface area (Å²) in [5.41, 5.74) is 5.52. The molecular weight excluding hydrogens is 242 g/mol. The van der Waals surface area contributed by atoms with Gasteiger partial charge in [0.2, 0.25) is 11.9 Å². The van der Waals surface area contributed by atoms with Gasteiger partial charge in [0.1, 0.15) is 5.02 Å². The van der Waals surface area contributed by atoms with Crippen molar-refractivity contribution in [3.8, 4) is 0 Å². The highest BCUT2D eigenvalue weighted by Gasteiger charge is 2.15. The number of nitrogens with one attached hydrogen (secondary N) is 1. The first-order valence-electron chi connectivity index (χ1n) is 5.32. The first kappa shape index (κ1) is 13.5. The zero-order chi connectivity index (χ0) is 12.8. The number of anilines is 2. The highest BCUT2D eigenvalue weighted by atomic mass is 35.5. The molecule has 0 atom stereocenters. The van der Waals surface area contributed by atoms with Crippen LogP contribution in [0.2, 0.25) is 5.02 Å². The third-order valence-corrected chi connectivity index (χ3v) is 2.42. The maximum Gasteiger partial charge on any atom is 0.239 e. The number of nitrogens with two attached hydrogens (primary N) is 1. The molecule has 1 amide bonds. The topological polar surface area (TPSA) is 84.1 Å². The van der Waals surface area contributed by atoms with E-state index >= 15 is 0 Å². The number of halogens is 1. The van der Waals surface area contributed by atoms with Crippen molar-refractivity contribution in [2.75, 3.05) is 30.8 Å². The van der Waals surface area contributed by atoms with E-state index in [1.54, 1.807) is 11.9 Å². The van der Waals surface area contributed by atoms with E-state index in [4.69, 9.17) is 17.3 Å². The summed E-state index contributed by atoms with van der Waals surface area (Å²) in [6.45, 7) is 2.87. The minimum Gasteiger partial charge on any atom is -0.368 e. The third kappa shape index (κ3) is 3.74. The van der Waals surface area contributed by atoms with Crippen molar-refractivity contribution < 1.29 is 4.79 Å². The zero-order valence-corrected chi connectivity index (χ0v) is 10.7. The SMILES string of the molecule is CCCN(CC(=O)NC)c1nc(N)ncc1Cl. The van der Waals surface area contributed by atoms with Gasteiger partial charge < -0.3 is 16.0 Å². The van der Waals surface area contributed by atoms with Gasteiger partial charge in [0, 0.05) is 13.6 Å². The normalized spacial score (nSPS) is 10.1. The number of rotatable bonds is 5. The number of carbonyl (C=O) groups excluding carboxylic acids is 1. The van der Waals surface area contributed by atoms with Crippen molar-refractivity contribution in [3.05, 3.63) is 11.2 Å². The molecule has 3 N–H and O–H groups in total. The Morgan fingerprint density at radius 1 is 1.65 bits per heavy atom. The van der Waals surface area contributed by atoms with Crippen molar-refractivity contribution in [3.63, 3.8) is 0 Å². The highest BCUT2D eigenvalue weighted by Crippen LogP contribution is 2.22. The van der Waals surface area contributed by atoms with E-state index in [-0.39, 0.29) is 18.4 Å². The highest BCUT2D eigenvalue weighted by molar-refractivity contribution is 6.32. The van der Waals surface area contributed by atoms with Crippen molar-refractivity contribution in [2.24, 2.45) is 0 Å². The van der Waals surface area contributed by atoms with E-state index in [9.17, 15) is 4.79 Å². The van der Waals surface area contributed by atoms with Crippen LogP contribution in [0.1, 0.15) is 13.3 Å².